The minimum Gasteiger partial charge on any atom is -0.496 e. The number of carbonyl (C=O) groups excluding carboxylic acids is 2. The second-order valence-electron chi connectivity index (χ2n) is 6.32. The first kappa shape index (κ1) is 21.1. The molecule has 2 heterocycles. The Bertz CT molecular complexity index is 1100. The summed E-state index contributed by atoms with van der Waals surface area (Å²) < 4.78 is 12.0. The number of aromatic nitrogens is 1. The van der Waals surface area contributed by atoms with E-state index in [0.29, 0.717) is 10.6 Å². The molecule has 0 saturated heterocycles. The Morgan fingerprint density at radius 1 is 1.23 bits per heavy atom. The summed E-state index contributed by atoms with van der Waals surface area (Å²) in [7, 11) is 1.38. The van der Waals surface area contributed by atoms with Crippen LogP contribution in [0.5, 0.6) is 5.75 Å². The predicted molar refractivity (Wildman–Crippen MR) is 112 cm³/mol. The summed E-state index contributed by atoms with van der Waals surface area (Å²) in [6.07, 6.45) is 3.63. The second-order valence-corrected chi connectivity index (χ2v) is 7.52. The Morgan fingerprint density at radius 3 is 2.57 bits per heavy atom. The molecule has 3 rings (SSSR count). The Morgan fingerprint density at radius 2 is 1.93 bits per heavy atom. The number of aryl methyl sites for hydroxylation is 1. The summed E-state index contributed by atoms with van der Waals surface area (Å²) in [5.74, 6) is -1.05. The molecular weight excluding hydrogens is 410 g/mol. The number of thiophene rings is 1. The van der Waals surface area contributed by atoms with Gasteiger partial charge < -0.3 is 19.4 Å². The van der Waals surface area contributed by atoms with E-state index in [0.717, 1.165) is 10.4 Å². The van der Waals surface area contributed by atoms with E-state index in [9.17, 15) is 19.7 Å². The number of benzene rings is 1. The molecule has 0 unspecified atom stereocenters. The van der Waals surface area contributed by atoms with E-state index in [1.54, 1.807) is 0 Å². The van der Waals surface area contributed by atoms with Gasteiger partial charge in [0.25, 0.3) is 11.6 Å². The molecule has 0 aliphatic carbocycles. The zero-order valence-electron chi connectivity index (χ0n) is 16.5. The normalized spacial score (nSPS) is 10.5. The lowest BCUT2D eigenvalue weighted by Gasteiger charge is -2.09. The fourth-order valence-corrected chi connectivity index (χ4v) is 3.90. The molecular formula is C20H19N3O6S. The van der Waals surface area contributed by atoms with E-state index < -0.39 is 23.4 Å². The Hall–Kier alpha value is -3.66. The number of nitrogens with zero attached hydrogens (tertiary/aromatic N) is 2. The number of hydrogen-bond acceptors (Lipinski definition) is 7. The summed E-state index contributed by atoms with van der Waals surface area (Å²) >= 11 is 1.45. The number of rotatable bonds is 7. The van der Waals surface area contributed by atoms with Crippen LogP contribution in [0, 0.1) is 24.0 Å². The fraction of sp³-hybridized carbons (Fsp3) is 0.200. The summed E-state index contributed by atoms with van der Waals surface area (Å²) in [6, 6.07) is 7.72. The maximum atomic E-state index is 12.7. The number of amides is 1. The van der Waals surface area contributed by atoms with Gasteiger partial charge in [-0.3, -0.25) is 14.9 Å². The van der Waals surface area contributed by atoms with E-state index in [2.05, 4.69) is 5.32 Å². The average Bonchev–Trinajstić information content (AvgIpc) is 3.35. The molecule has 156 valence electrons. The maximum Gasteiger partial charge on any atom is 0.341 e. The highest BCUT2D eigenvalue weighted by Crippen LogP contribution is 2.32. The zero-order valence-corrected chi connectivity index (χ0v) is 17.3. The molecule has 0 radical (unpaired) electrons. The Kier molecular flexibility index (Phi) is 6.17. The third-order valence-corrected chi connectivity index (χ3v) is 5.64. The van der Waals surface area contributed by atoms with Crippen molar-refractivity contribution in [3.8, 4) is 10.8 Å². The number of nitrogens with one attached hydrogen (secondary N) is 1. The first-order chi connectivity index (χ1) is 14.3. The van der Waals surface area contributed by atoms with Gasteiger partial charge in [0, 0.05) is 17.3 Å². The van der Waals surface area contributed by atoms with Crippen LogP contribution in [0.25, 0.3) is 5.00 Å². The summed E-state index contributed by atoms with van der Waals surface area (Å²) in [5.41, 5.74) is 0.822. The number of carbonyl (C=O) groups is 2. The highest BCUT2D eigenvalue weighted by atomic mass is 32.1. The Labute approximate surface area is 176 Å². The monoisotopic (exact) mass is 429 g/mol. The molecule has 0 spiro atoms. The van der Waals surface area contributed by atoms with Crippen LogP contribution in [0.3, 0.4) is 0 Å². The topological polar surface area (TPSA) is 113 Å². The average molecular weight is 429 g/mol. The van der Waals surface area contributed by atoms with Crippen molar-refractivity contribution in [2.75, 3.05) is 19.0 Å². The zero-order chi connectivity index (χ0) is 21.8. The minimum absolute atomic E-state index is 0.0163. The Balaban J connectivity index is 1.72. The van der Waals surface area contributed by atoms with Gasteiger partial charge in [-0.25, -0.2) is 4.79 Å². The third kappa shape index (κ3) is 4.33. The van der Waals surface area contributed by atoms with Gasteiger partial charge in [-0.2, -0.15) is 0 Å². The number of ether oxygens (including phenoxy) is 2. The molecule has 0 bridgehead atoms. The van der Waals surface area contributed by atoms with Crippen molar-refractivity contribution < 1.29 is 24.0 Å². The second kappa shape index (κ2) is 8.78. The van der Waals surface area contributed by atoms with Gasteiger partial charge in [0.1, 0.15) is 16.4 Å². The van der Waals surface area contributed by atoms with Gasteiger partial charge in [-0.05, 0) is 43.7 Å². The molecule has 3 aromatic rings. The highest BCUT2D eigenvalue weighted by Gasteiger charge is 2.23. The van der Waals surface area contributed by atoms with Gasteiger partial charge in [-0.15, -0.1) is 11.3 Å². The number of hydrogen-bond donors (Lipinski definition) is 1. The number of nitro benzene ring substituents is 1. The van der Waals surface area contributed by atoms with Gasteiger partial charge >= 0.3 is 5.97 Å². The van der Waals surface area contributed by atoms with Crippen molar-refractivity contribution in [3.63, 3.8) is 0 Å². The summed E-state index contributed by atoms with van der Waals surface area (Å²) in [6.45, 7) is 3.14. The first-order valence-electron chi connectivity index (χ1n) is 8.84. The lowest BCUT2D eigenvalue weighted by atomic mass is 10.1. The minimum atomic E-state index is -0.691. The van der Waals surface area contributed by atoms with Crippen molar-refractivity contribution in [2.24, 2.45) is 0 Å². The van der Waals surface area contributed by atoms with Crippen LogP contribution in [0.4, 0.5) is 11.4 Å². The lowest BCUT2D eigenvalue weighted by Crippen LogP contribution is -2.22. The quantitative estimate of drug-likeness (QED) is 0.347. The molecule has 0 fully saturated rings. The number of esters is 1. The van der Waals surface area contributed by atoms with E-state index in [1.165, 1.54) is 36.6 Å². The summed E-state index contributed by atoms with van der Waals surface area (Å²) in [5, 5.41) is 14.3. The van der Waals surface area contributed by atoms with Crippen LogP contribution in [0.1, 0.15) is 20.8 Å². The molecule has 1 aromatic carbocycles. The number of nitro groups is 1. The number of anilines is 1. The van der Waals surface area contributed by atoms with Crippen LogP contribution >= 0.6 is 11.3 Å². The van der Waals surface area contributed by atoms with E-state index in [4.69, 9.17) is 9.47 Å². The van der Waals surface area contributed by atoms with E-state index >= 15 is 0 Å². The smallest absolute Gasteiger partial charge is 0.341 e. The molecule has 10 heteroatoms. The van der Waals surface area contributed by atoms with Crippen LogP contribution < -0.4 is 10.1 Å². The van der Waals surface area contributed by atoms with Gasteiger partial charge in [-0.1, -0.05) is 0 Å². The van der Waals surface area contributed by atoms with Gasteiger partial charge in [0.2, 0.25) is 0 Å². The molecule has 1 N–H and O–H groups in total. The SMILES string of the molecule is COc1ccc(NC(=O)COC(=O)c2c(-n3cccc3)sc(C)c2C)c([N+](=O)[O-])c1. The largest absolute Gasteiger partial charge is 0.496 e. The molecule has 1 amide bonds. The number of methoxy groups -OCH3 is 1. The van der Waals surface area contributed by atoms with Crippen molar-refractivity contribution in [3.05, 3.63) is 68.8 Å². The van der Waals surface area contributed by atoms with Crippen LogP contribution in [-0.4, -0.2) is 35.1 Å². The third-order valence-electron chi connectivity index (χ3n) is 4.42. The predicted octanol–water partition coefficient (Wildman–Crippen LogP) is 3.87. The van der Waals surface area contributed by atoms with Crippen molar-refractivity contribution in [1.29, 1.82) is 0 Å². The van der Waals surface area contributed by atoms with Gasteiger partial charge in [0.05, 0.1) is 23.7 Å². The van der Waals surface area contributed by atoms with Crippen LogP contribution in [0.15, 0.2) is 42.7 Å². The molecule has 9 nitrogen and oxygen atoms in total. The molecule has 0 atom stereocenters. The molecule has 0 aliphatic heterocycles. The maximum absolute atomic E-state index is 12.7. The lowest BCUT2D eigenvalue weighted by molar-refractivity contribution is -0.384. The highest BCUT2D eigenvalue weighted by molar-refractivity contribution is 7.15. The molecule has 2 aromatic heterocycles. The standard InChI is InChI=1S/C20H19N3O6S/c1-12-13(2)30-19(22-8-4-5-9-22)18(12)20(25)29-11-17(24)21-15-7-6-14(28-3)10-16(15)23(26)27/h4-10H,11H2,1-3H3,(H,21,24). The fourth-order valence-electron chi connectivity index (χ4n) is 2.79. The van der Waals surface area contributed by atoms with Crippen molar-refractivity contribution in [1.82, 2.24) is 4.57 Å². The van der Waals surface area contributed by atoms with E-state index in [-0.39, 0.29) is 17.1 Å². The first-order valence-corrected chi connectivity index (χ1v) is 9.66. The van der Waals surface area contributed by atoms with E-state index in [1.807, 2.05) is 42.9 Å². The van der Waals surface area contributed by atoms with Gasteiger partial charge in [0.15, 0.2) is 6.61 Å². The van der Waals surface area contributed by atoms with Crippen LogP contribution in [0.2, 0.25) is 0 Å². The van der Waals surface area contributed by atoms with Crippen molar-refractivity contribution in [2.45, 2.75) is 13.8 Å². The molecule has 0 saturated carbocycles. The molecule has 30 heavy (non-hydrogen) atoms. The molecule has 0 aliphatic rings. The summed E-state index contributed by atoms with van der Waals surface area (Å²) in [4.78, 5) is 36.5. The van der Waals surface area contributed by atoms with Crippen LogP contribution in [-0.2, 0) is 9.53 Å². The van der Waals surface area contributed by atoms with Crippen molar-refractivity contribution >= 4 is 34.6 Å².